The molecule has 1 fully saturated rings. The molecule has 1 saturated heterocycles. The van der Waals surface area contributed by atoms with E-state index in [0.717, 1.165) is 5.39 Å². The molecule has 1 amide bonds. The average Bonchev–Trinajstić information content (AvgIpc) is 2.98. The summed E-state index contributed by atoms with van der Waals surface area (Å²) in [5, 5.41) is 9.94. The number of fused-ring (bicyclic) bond motifs is 1. The van der Waals surface area contributed by atoms with Gasteiger partial charge in [-0.2, -0.15) is 0 Å². The molecule has 7 nitrogen and oxygen atoms in total. The Balaban J connectivity index is 1.92. The summed E-state index contributed by atoms with van der Waals surface area (Å²) < 4.78 is 16.6. The summed E-state index contributed by atoms with van der Waals surface area (Å²) in [6.07, 6.45) is -1.01. The number of amides is 1. The Morgan fingerprint density at radius 3 is 2.84 bits per heavy atom. The van der Waals surface area contributed by atoms with Gasteiger partial charge < -0.3 is 23.9 Å². The number of ether oxygens (including phenoxy) is 2. The molecule has 1 unspecified atom stereocenters. The maximum Gasteiger partial charge on any atom is 0.334 e. The van der Waals surface area contributed by atoms with Crippen molar-refractivity contribution in [3.05, 3.63) is 35.6 Å². The van der Waals surface area contributed by atoms with E-state index in [2.05, 4.69) is 0 Å². The van der Waals surface area contributed by atoms with Gasteiger partial charge in [-0.1, -0.05) is 18.2 Å². The van der Waals surface area contributed by atoms with Gasteiger partial charge in [0.25, 0.3) is 5.91 Å². The number of rotatable bonds is 5. The van der Waals surface area contributed by atoms with Crippen LogP contribution in [0, 0.1) is 0 Å². The van der Waals surface area contributed by atoms with Crippen LogP contribution in [0.15, 0.2) is 28.7 Å². The van der Waals surface area contributed by atoms with E-state index < -0.39 is 12.1 Å². The maximum absolute atomic E-state index is 12.9. The standard InChI is InChI=1S/C18H21NO6/c1-11(2)24-10-13-12-5-3-4-6-14(12)25-16(13)17(20)19-7-8-23-15(9-19)18(21)22/h3-6,11,15H,7-10H2,1-2H3,(H,21,22). The lowest BCUT2D eigenvalue weighted by Gasteiger charge is -2.30. The minimum atomic E-state index is -1.08. The molecule has 1 atom stereocenters. The third kappa shape index (κ3) is 3.67. The van der Waals surface area contributed by atoms with Crippen molar-refractivity contribution in [2.75, 3.05) is 19.7 Å². The third-order valence-electron chi connectivity index (χ3n) is 4.08. The van der Waals surface area contributed by atoms with Crippen LogP contribution < -0.4 is 0 Å². The zero-order valence-corrected chi connectivity index (χ0v) is 14.2. The molecule has 7 heteroatoms. The first-order valence-corrected chi connectivity index (χ1v) is 8.23. The molecule has 1 aliphatic heterocycles. The van der Waals surface area contributed by atoms with Gasteiger partial charge in [-0.3, -0.25) is 4.79 Å². The predicted octanol–water partition coefficient (Wildman–Crippen LogP) is 2.28. The van der Waals surface area contributed by atoms with Crippen molar-refractivity contribution in [3.63, 3.8) is 0 Å². The van der Waals surface area contributed by atoms with Crippen molar-refractivity contribution >= 4 is 22.8 Å². The van der Waals surface area contributed by atoms with Crippen molar-refractivity contribution in [1.82, 2.24) is 4.90 Å². The smallest absolute Gasteiger partial charge is 0.334 e. The second-order valence-electron chi connectivity index (χ2n) is 6.21. The number of furan rings is 1. The number of aliphatic carboxylic acids is 1. The number of morpholine rings is 1. The molecule has 0 radical (unpaired) electrons. The molecule has 0 saturated carbocycles. The number of carboxylic acids is 1. The predicted molar refractivity (Wildman–Crippen MR) is 89.4 cm³/mol. The van der Waals surface area contributed by atoms with Crippen LogP contribution in [-0.4, -0.2) is 53.8 Å². The van der Waals surface area contributed by atoms with Gasteiger partial charge in [0.1, 0.15) is 5.58 Å². The third-order valence-corrected chi connectivity index (χ3v) is 4.08. The van der Waals surface area contributed by atoms with Gasteiger partial charge in [0.05, 0.1) is 25.9 Å². The molecule has 1 aliphatic rings. The summed E-state index contributed by atoms with van der Waals surface area (Å²) >= 11 is 0. The van der Waals surface area contributed by atoms with Crippen LogP contribution in [0.3, 0.4) is 0 Å². The number of carboxylic acid groups (broad SMARTS) is 1. The van der Waals surface area contributed by atoms with Crippen LogP contribution in [0.4, 0.5) is 0 Å². The lowest BCUT2D eigenvalue weighted by molar-refractivity contribution is -0.154. The van der Waals surface area contributed by atoms with Crippen molar-refractivity contribution in [3.8, 4) is 0 Å². The van der Waals surface area contributed by atoms with Crippen LogP contribution in [0.5, 0.6) is 0 Å². The van der Waals surface area contributed by atoms with Crippen LogP contribution in [-0.2, 0) is 20.9 Å². The van der Waals surface area contributed by atoms with E-state index in [4.69, 9.17) is 19.0 Å². The molecule has 2 heterocycles. The molecular formula is C18H21NO6. The van der Waals surface area contributed by atoms with Crippen LogP contribution in [0.1, 0.15) is 30.0 Å². The van der Waals surface area contributed by atoms with Crippen molar-refractivity contribution < 1.29 is 28.6 Å². The van der Waals surface area contributed by atoms with Crippen molar-refractivity contribution in [2.24, 2.45) is 0 Å². The zero-order chi connectivity index (χ0) is 18.0. The molecule has 0 spiro atoms. The Labute approximate surface area is 145 Å². The van der Waals surface area contributed by atoms with E-state index in [0.29, 0.717) is 17.7 Å². The summed E-state index contributed by atoms with van der Waals surface area (Å²) in [5.74, 6) is -1.22. The number of carbonyl (C=O) groups is 2. The Morgan fingerprint density at radius 1 is 1.36 bits per heavy atom. The fourth-order valence-electron chi connectivity index (χ4n) is 2.79. The average molecular weight is 347 g/mol. The SMILES string of the molecule is CC(C)OCc1c(C(=O)N2CCOC(C(=O)O)C2)oc2ccccc12. The molecule has 1 aromatic heterocycles. The van der Waals surface area contributed by atoms with Gasteiger partial charge in [0, 0.05) is 17.5 Å². The van der Waals surface area contributed by atoms with Gasteiger partial charge in [0.2, 0.25) is 0 Å². The van der Waals surface area contributed by atoms with Gasteiger partial charge in [-0.25, -0.2) is 4.79 Å². The normalized spacial score (nSPS) is 18.0. The van der Waals surface area contributed by atoms with Gasteiger partial charge in [-0.05, 0) is 19.9 Å². The molecule has 3 rings (SSSR count). The van der Waals surface area contributed by atoms with Gasteiger partial charge in [-0.15, -0.1) is 0 Å². The summed E-state index contributed by atoms with van der Waals surface area (Å²) in [6, 6.07) is 7.39. The van der Waals surface area contributed by atoms with E-state index in [-0.39, 0.29) is 37.5 Å². The largest absolute Gasteiger partial charge is 0.479 e. The molecule has 134 valence electrons. The lowest BCUT2D eigenvalue weighted by atomic mass is 10.1. The minimum absolute atomic E-state index is 0.00428. The summed E-state index contributed by atoms with van der Waals surface area (Å²) in [4.78, 5) is 25.5. The first-order chi connectivity index (χ1) is 12.0. The van der Waals surface area contributed by atoms with E-state index in [1.807, 2.05) is 32.0 Å². The van der Waals surface area contributed by atoms with E-state index in [1.165, 1.54) is 4.90 Å². The van der Waals surface area contributed by atoms with Crippen LogP contribution in [0.2, 0.25) is 0 Å². The van der Waals surface area contributed by atoms with E-state index >= 15 is 0 Å². The highest BCUT2D eigenvalue weighted by molar-refractivity contribution is 5.99. The number of para-hydroxylation sites is 1. The molecule has 2 aromatic rings. The molecule has 1 N–H and O–H groups in total. The van der Waals surface area contributed by atoms with Crippen LogP contribution >= 0.6 is 0 Å². The van der Waals surface area contributed by atoms with E-state index in [1.54, 1.807) is 6.07 Å². The fraction of sp³-hybridized carbons (Fsp3) is 0.444. The molecule has 0 bridgehead atoms. The first kappa shape index (κ1) is 17.4. The molecule has 25 heavy (non-hydrogen) atoms. The van der Waals surface area contributed by atoms with Gasteiger partial charge >= 0.3 is 5.97 Å². The summed E-state index contributed by atoms with van der Waals surface area (Å²) in [5.41, 5.74) is 1.30. The molecule has 1 aromatic carbocycles. The molecular weight excluding hydrogens is 326 g/mol. The monoisotopic (exact) mass is 347 g/mol. The Kier molecular flexibility index (Phi) is 5.06. The van der Waals surface area contributed by atoms with E-state index in [9.17, 15) is 9.59 Å². The Morgan fingerprint density at radius 2 is 2.12 bits per heavy atom. The topological polar surface area (TPSA) is 89.2 Å². The number of benzene rings is 1. The second kappa shape index (κ2) is 7.25. The number of carbonyl (C=O) groups excluding carboxylic acids is 1. The highest BCUT2D eigenvalue weighted by atomic mass is 16.5. The van der Waals surface area contributed by atoms with Crippen LogP contribution in [0.25, 0.3) is 11.0 Å². The summed E-state index contributed by atoms with van der Waals surface area (Å²) in [7, 11) is 0. The Hall–Kier alpha value is -2.38. The number of hydrogen-bond donors (Lipinski definition) is 1. The Bertz CT molecular complexity index is 781. The summed E-state index contributed by atoms with van der Waals surface area (Å²) in [6.45, 7) is 4.59. The first-order valence-electron chi connectivity index (χ1n) is 8.23. The van der Waals surface area contributed by atoms with Gasteiger partial charge in [0.15, 0.2) is 11.9 Å². The maximum atomic E-state index is 12.9. The number of nitrogens with zero attached hydrogens (tertiary/aromatic N) is 1. The van der Waals surface area contributed by atoms with Crippen molar-refractivity contribution in [1.29, 1.82) is 0 Å². The zero-order valence-electron chi connectivity index (χ0n) is 14.2. The quantitative estimate of drug-likeness (QED) is 0.892. The van der Waals surface area contributed by atoms with Crippen molar-refractivity contribution in [2.45, 2.75) is 32.7 Å². The second-order valence-corrected chi connectivity index (χ2v) is 6.21. The fourth-order valence-corrected chi connectivity index (χ4v) is 2.79. The molecule has 0 aliphatic carbocycles. The highest BCUT2D eigenvalue weighted by Gasteiger charge is 2.32. The minimum Gasteiger partial charge on any atom is -0.479 e. The number of hydrogen-bond acceptors (Lipinski definition) is 5. The highest BCUT2D eigenvalue weighted by Crippen LogP contribution is 2.28. The lowest BCUT2D eigenvalue weighted by Crippen LogP contribution is -2.48.